The van der Waals surface area contributed by atoms with Gasteiger partial charge < -0.3 is 15.4 Å². The first kappa shape index (κ1) is 22.6. The molecule has 1 aromatic heterocycles. The van der Waals surface area contributed by atoms with Gasteiger partial charge in [0.1, 0.15) is 5.71 Å². The van der Waals surface area contributed by atoms with Crippen molar-refractivity contribution in [3.05, 3.63) is 47.4 Å². The summed E-state index contributed by atoms with van der Waals surface area (Å²) in [5, 5.41) is 6.60. The molecule has 2 N–H and O–H groups in total. The molecule has 2 aliphatic rings. The number of rotatable bonds is 9. The Morgan fingerprint density at radius 2 is 2.17 bits per heavy atom. The van der Waals surface area contributed by atoms with Crippen LogP contribution in [0.25, 0.3) is 0 Å². The number of aliphatic imine (C=N–C) groups is 1. The van der Waals surface area contributed by atoms with E-state index in [0.717, 1.165) is 36.0 Å². The Labute approximate surface area is 181 Å². The zero-order valence-corrected chi connectivity index (χ0v) is 19.5. The van der Waals surface area contributed by atoms with Gasteiger partial charge in [-0.3, -0.25) is 9.79 Å². The third kappa shape index (κ3) is 5.77. The van der Waals surface area contributed by atoms with Crippen molar-refractivity contribution in [3.8, 4) is 5.88 Å². The number of ketones is 1. The van der Waals surface area contributed by atoms with Crippen LogP contribution in [0, 0.1) is 12.8 Å². The van der Waals surface area contributed by atoms with Crippen molar-refractivity contribution in [2.75, 3.05) is 13.7 Å². The van der Waals surface area contributed by atoms with Gasteiger partial charge in [-0.2, -0.15) is 0 Å². The molecule has 0 amide bonds. The maximum absolute atomic E-state index is 12.8. The normalized spacial score (nSPS) is 20.6. The predicted octanol–water partition coefficient (Wildman–Crippen LogP) is 3.32. The van der Waals surface area contributed by atoms with Crippen LogP contribution in [0.5, 0.6) is 5.88 Å². The number of ether oxygens (including phenoxy) is 1. The maximum atomic E-state index is 12.8. The van der Waals surface area contributed by atoms with Crippen LogP contribution in [-0.2, 0) is 11.3 Å². The summed E-state index contributed by atoms with van der Waals surface area (Å²) in [6.45, 7) is 7.41. The Morgan fingerprint density at radius 3 is 2.77 bits per heavy atom. The number of nitrogens with zero attached hydrogens (tertiary/aromatic N) is 2. The molecule has 6 nitrogen and oxygen atoms in total. The van der Waals surface area contributed by atoms with Crippen molar-refractivity contribution in [1.82, 2.24) is 15.6 Å². The summed E-state index contributed by atoms with van der Waals surface area (Å²) >= 11 is 0. The summed E-state index contributed by atoms with van der Waals surface area (Å²) in [5.74, 6) is 0.956. The number of likely N-dealkylation sites (N-methyl/N-ethyl adjacent to an activating group) is 1. The smallest absolute Gasteiger partial charge is 0.216 e. The lowest BCUT2D eigenvalue weighted by molar-refractivity contribution is -0.118. The van der Waals surface area contributed by atoms with Crippen LogP contribution in [0.15, 0.2) is 41.3 Å². The van der Waals surface area contributed by atoms with Crippen LogP contribution >= 0.6 is 9.24 Å². The minimum absolute atomic E-state index is 0.00893. The maximum Gasteiger partial charge on any atom is 0.216 e. The lowest BCUT2D eigenvalue weighted by Gasteiger charge is -2.28. The van der Waals surface area contributed by atoms with Crippen LogP contribution in [0.2, 0.25) is 0 Å². The fraction of sp³-hybridized carbons (Fsp3) is 0.522. The van der Waals surface area contributed by atoms with Gasteiger partial charge in [0.25, 0.3) is 0 Å². The van der Waals surface area contributed by atoms with Crippen molar-refractivity contribution >= 4 is 20.7 Å². The minimum Gasteiger partial charge on any atom is -0.477 e. The molecule has 0 spiro atoms. The molecular formula is C23H33N4O2P. The largest absolute Gasteiger partial charge is 0.477 e. The molecule has 0 aromatic carbocycles. The molecule has 2 unspecified atom stereocenters. The predicted molar refractivity (Wildman–Crippen MR) is 125 cm³/mol. The molecule has 2 heterocycles. The molecule has 0 saturated heterocycles. The first-order valence-electron chi connectivity index (χ1n) is 10.6. The van der Waals surface area contributed by atoms with Crippen LogP contribution < -0.4 is 15.4 Å². The second kappa shape index (κ2) is 9.84. The first-order valence-corrected chi connectivity index (χ1v) is 11.1. The first-order chi connectivity index (χ1) is 14.3. The highest BCUT2D eigenvalue weighted by Crippen LogP contribution is 2.29. The third-order valence-electron chi connectivity index (χ3n) is 5.34. The van der Waals surface area contributed by atoms with Crippen molar-refractivity contribution in [2.24, 2.45) is 10.9 Å². The van der Waals surface area contributed by atoms with E-state index in [9.17, 15) is 4.79 Å². The van der Waals surface area contributed by atoms with Crippen molar-refractivity contribution in [1.29, 1.82) is 0 Å². The van der Waals surface area contributed by atoms with E-state index in [1.807, 2.05) is 32.4 Å². The second-order valence-electron chi connectivity index (χ2n) is 8.80. The Balaban J connectivity index is 1.66. The molecule has 7 heteroatoms. The van der Waals surface area contributed by atoms with Gasteiger partial charge in [-0.25, -0.2) is 4.98 Å². The molecule has 1 aliphatic heterocycles. The van der Waals surface area contributed by atoms with E-state index >= 15 is 0 Å². The number of carbonyl (C=O) groups excluding carboxylic acids is 1. The molecule has 2 atom stereocenters. The summed E-state index contributed by atoms with van der Waals surface area (Å²) in [4.78, 5) is 21.7. The molecule has 162 valence electrons. The van der Waals surface area contributed by atoms with E-state index in [2.05, 4.69) is 49.8 Å². The van der Waals surface area contributed by atoms with Gasteiger partial charge in [0.2, 0.25) is 5.88 Å². The van der Waals surface area contributed by atoms with Crippen molar-refractivity contribution in [3.63, 3.8) is 0 Å². The monoisotopic (exact) mass is 428 g/mol. The molecule has 1 aliphatic carbocycles. The molecule has 0 radical (unpaired) electrons. The average molecular weight is 429 g/mol. The van der Waals surface area contributed by atoms with E-state index in [4.69, 9.17) is 4.74 Å². The average Bonchev–Trinajstić information content (AvgIpc) is 2.65. The molecule has 30 heavy (non-hydrogen) atoms. The molecular weight excluding hydrogens is 395 g/mol. The molecule has 1 fully saturated rings. The fourth-order valence-electron chi connectivity index (χ4n) is 3.41. The highest BCUT2D eigenvalue weighted by atomic mass is 31.0. The highest BCUT2D eigenvalue weighted by molar-refractivity contribution is 7.18. The number of Topliss-reactive ketones (excluding diaryl/α,β-unsaturated/α-hetero) is 1. The zero-order valence-electron chi connectivity index (χ0n) is 18.4. The van der Waals surface area contributed by atoms with E-state index in [0.29, 0.717) is 24.7 Å². The lowest BCUT2D eigenvalue weighted by Crippen LogP contribution is -2.38. The second-order valence-corrected chi connectivity index (χ2v) is 10.4. The number of aryl methyl sites for hydroxylation is 1. The number of aromatic nitrogens is 1. The SMILES string of the molecule is CNC1C=CN=C(C(=O)C2CCC2)/C1=C/NCc1cnc(OCC(C)(C)P)c(C)c1. The molecule has 3 rings (SSSR count). The molecule has 1 saturated carbocycles. The minimum atomic E-state index is -0.0278. The van der Waals surface area contributed by atoms with Crippen LogP contribution in [-0.4, -0.2) is 41.3 Å². The van der Waals surface area contributed by atoms with Gasteiger partial charge >= 0.3 is 0 Å². The summed E-state index contributed by atoms with van der Waals surface area (Å²) < 4.78 is 5.83. The van der Waals surface area contributed by atoms with Crippen LogP contribution in [0.4, 0.5) is 0 Å². The summed E-state index contributed by atoms with van der Waals surface area (Å²) in [7, 11) is 4.67. The van der Waals surface area contributed by atoms with Gasteiger partial charge in [0, 0.05) is 47.4 Å². The van der Waals surface area contributed by atoms with Gasteiger partial charge in [-0.1, -0.05) is 20.3 Å². The molecule has 1 aromatic rings. The van der Waals surface area contributed by atoms with Crippen LogP contribution in [0.1, 0.15) is 44.2 Å². The van der Waals surface area contributed by atoms with E-state index in [1.54, 1.807) is 6.20 Å². The number of carbonyl (C=O) groups is 1. The Morgan fingerprint density at radius 1 is 1.40 bits per heavy atom. The molecule has 0 bridgehead atoms. The van der Waals surface area contributed by atoms with Crippen molar-refractivity contribution in [2.45, 2.75) is 57.8 Å². The van der Waals surface area contributed by atoms with Gasteiger partial charge in [-0.05, 0) is 44.5 Å². The summed E-state index contributed by atoms with van der Waals surface area (Å²) in [5.41, 5.74) is 3.53. The van der Waals surface area contributed by atoms with Gasteiger partial charge in [-0.15, -0.1) is 9.24 Å². The number of nitrogens with one attached hydrogen (secondary N) is 2. The Kier molecular flexibility index (Phi) is 7.43. The van der Waals surface area contributed by atoms with E-state index in [-0.39, 0.29) is 22.9 Å². The standard InChI is InChI=1S/C23H33N4O2P/c1-15-10-16(12-27-22(15)29-14-23(2,3)30)11-25-13-18-19(24-4)8-9-26-20(18)21(28)17-6-5-7-17/h8-10,12-13,17,19,24-25H,5-7,11,14,30H2,1-4H3/b18-13+. The van der Waals surface area contributed by atoms with E-state index in [1.165, 1.54) is 0 Å². The quantitative estimate of drug-likeness (QED) is 0.590. The summed E-state index contributed by atoms with van der Waals surface area (Å²) in [6, 6.07) is 2.05. The Hall–Kier alpha value is -2.04. The zero-order chi connectivity index (χ0) is 21.7. The third-order valence-corrected chi connectivity index (χ3v) is 5.51. The summed E-state index contributed by atoms with van der Waals surface area (Å²) in [6.07, 6.45) is 10.5. The van der Waals surface area contributed by atoms with Crippen LogP contribution in [0.3, 0.4) is 0 Å². The highest BCUT2D eigenvalue weighted by Gasteiger charge is 2.32. The number of pyridine rings is 1. The van der Waals surface area contributed by atoms with Gasteiger partial charge in [0.15, 0.2) is 5.78 Å². The number of hydrogen-bond acceptors (Lipinski definition) is 6. The van der Waals surface area contributed by atoms with Gasteiger partial charge in [0.05, 0.1) is 12.6 Å². The lowest BCUT2D eigenvalue weighted by atomic mass is 9.78. The Bertz CT molecular complexity index is 866. The van der Waals surface area contributed by atoms with E-state index < -0.39 is 0 Å². The topological polar surface area (TPSA) is 75.6 Å². The fourth-order valence-corrected chi connectivity index (χ4v) is 3.49. The number of hydrogen-bond donors (Lipinski definition) is 2. The van der Waals surface area contributed by atoms with Crippen molar-refractivity contribution < 1.29 is 9.53 Å².